The first-order chi connectivity index (χ1) is 13.3. The van der Waals surface area contributed by atoms with Crippen LogP contribution in [-0.4, -0.2) is 107 Å². The molecule has 3 rings (SSSR count). The predicted molar refractivity (Wildman–Crippen MR) is 104 cm³/mol. The first-order valence-corrected chi connectivity index (χ1v) is 10.1. The maximum atomic E-state index is 12.9. The molecule has 2 unspecified atom stereocenters. The third kappa shape index (κ3) is 4.05. The summed E-state index contributed by atoms with van der Waals surface area (Å²) in [7, 11) is 3.12. The lowest BCUT2D eigenvalue weighted by molar-refractivity contribution is -0.531. The van der Waals surface area contributed by atoms with Gasteiger partial charge in [0.25, 0.3) is 5.91 Å². The van der Waals surface area contributed by atoms with E-state index in [1.807, 2.05) is 18.7 Å². The third-order valence-corrected chi connectivity index (χ3v) is 5.43. The van der Waals surface area contributed by atoms with Gasteiger partial charge in [-0.25, -0.2) is 9.69 Å². The van der Waals surface area contributed by atoms with E-state index in [1.54, 1.807) is 7.05 Å². The number of amides is 3. The van der Waals surface area contributed by atoms with Crippen LogP contribution < -0.4 is 0 Å². The average Bonchev–Trinajstić information content (AvgIpc) is 2.83. The van der Waals surface area contributed by atoms with Crippen LogP contribution in [-0.2, 0) is 9.53 Å². The van der Waals surface area contributed by atoms with E-state index in [-0.39, 0.29) is 31.2 Å². The van der Waals surface area contributed by atoms with Crippen molar-refractivity contribution < 1.29 is 24.0 Å². The lowest BCUT2D eigenvalue weighted by atomic mass is 10.1. The number of imide groups is 1. The van der Waals surface area contributed by atoms with Gasteiger partial charge in [0.05, 0.1) is 32.3 Å². The maximum absolute atomic E-state index is 12.9. The second-order valence-electron chi connectivity index (χ2n) is 8.00. The lowest BCUT2D eigenvalue weighted by Crippen LogP contribution is -2.63. The largest absolute Gasteiger partial charge is 0.392 e. The second-order valence-corrected chi connectivity index (χ2v) is 8.00. The summed E-state index contributed by atoms with van der Waals surface area (Å²) in [4.78, 5) is 34.4. The highest BCUT2D eigenvalue weighted by Gasteiger charge is 2.55. The predicted octanol–water partition coefficient (Wildman–Crippen LogP) is 0.321. The molecule has 3 aliphatic heterocycles. The highest BCUT2D eigenvalue weighted by molar-refractivity contribution is 6.25. The van der Waals surface area contributed by atoms with Gasteiger partial charge in [0.15, 0.2) is 0 Å². The Hall–Kier alpha value is -2.00. The van der Waals surface area contributed by atoms with Crippen LogP contribution in [0.25, 0.3) is 0 Å². The topological polar surface area (TPSA) is 88.7 Å². The molecule has 0 radical (unpaired) electrons. The molecule has 9 heteroatoms. The molecule has 3 aliphatic rings. The smallest absolute Gasteiger partial charge is 0.387 e. The molecular weight excluding hydrogens is 362 g/mol. The van der Waals surface area contributed by atoms with Gasteiger partial charge in [-0.05, 0) is 26.7 Å². The molecule has 2 saturated heterocycles. The quantitative estimate of drug-likeness (QED) is 0.679. The summed E-state index contributed by atoms with van der Waals surface area (Å²) >= 11 is 0. The van der Waals surface area contributed by atoms with E-state index in [4.69, 9.17) is 9.73 Å². The third-order valence-electron chi connectivity index (χ3n) is 5.43. The molecule has 0 aromatic carbocycles. The minimum Gasteiger partial charge on any atom is -0.387 e. The Bertz CT molecular complexity index is 680. The number of nitrogens with zero attached hydrogens (tertiary/aromatic N) is 5. The SMILES string of the molecule is CC(C)OCC(O)CN1C(=[N+]2CCCCCC2)N=C2C1C(=O)N(C)C(=O)N2C. The van der Waals surface area contributed by atoms with Gasteiger partial charge in [-0.3, -0.25) is 19.2 Å². The molecule has 3 heterocycles. The zero-order valence-electron chi connectivity index (χ0n) is 17.3. The number of hydrogen-bond acceptors (Lipinski definition) is 4. The number of fused-ring (bicyclic) bond motifs is 1. The number of β-amino-alcohol motifs (C(OH)–C–C–N with tert-alkyl or cyclic N) is 1. The number of aliphatic imine (C=N–C) groups is 1. The Morgan fingerprint density at radius 1 is 1.14 bits per heavy atom. The summed E-state index contributed by atoms with van der Waals surface area (Å²) in [5.41, 5.74) is 0. The van der Waals surface area contributed by atoms with E-state index in [0.29, 0.717) is 11.8 Å². The van der Waals surface area contributed by atoms with Crippen LogP contribution in [0.3, 0.4) is 0 Å². The fourth-order valence-corrected chi connectivity index (χ4v) is 3.88. The van der Waals surface area contributed by atoms with Gasteiger partial charge in [-0.1, -0.05) is 17.8 Å². The van der Waals surface area contributed by atoms with Gasteiger partial charge in [0, 0.05) is 14.1 Å². The molecular formula is C19H32N5O4+. The van der Waals surface area contributed by atoms with Crippen molar-refractivity contribution >= 4 is 23.7 Å². The van der Waals surface area contributed by atoms with Crippen molar-refractivity contribution in [2.24, 2.45) is 4.99 Å². The molecule has 2 fully saturated rings. The summed E-state index contributed by atoms with van der Waals surface area (Å²) in [5, 5.41) is 10.5. The number of urea groups is 1. The van der Waals surface area contributed by atoms with Crippen LogP contribution in [0.15, 0.2) is 4.99 Å². The average molecular weight is 394 g/mol. The Balaban J connectivity index is 1.93. The van der Waals surface area contributed by atoms with Crippen LogP contribution in [0.4, 0.5) is 4.79 Å². The first kappa shape index (κ1) is 20.7. The summed E-state index contributed by atoms with van der Waals surface area (Å²) < 4.78 is 7.72. The van der Waals surface area contributed by atoms with E-state index in [1.165, 1.54) is 24.8 Å². The number of carbonyl (C=O) groups excluding carboxylic acids is 2. The normalized spacial score (nSPS) is 24.7. The number of amidine groups is 1. The molecule has 3 amide bonds. The van der Waals surface area contributed by atoms with Crippen molar-refractivity contribution in [3.8, 4) is 0 Å². The minimum atomic E-state index is -0.764. The number of carbonyl (C=O) groups is 2. The van der Waals surface area contributed by atoms with E-state index in [2.05, 4.69) is 4.58 Å². The Labute approximate surface area is 166 Å². The number of rotatable bonds is 5. The van der Waals surface area contributed by atoms with Crippen LogP contribution in [0.2, 0.25) is 0 Å². The van der Waals surface area contributed by atoms with Gasteiger partial charge in [-0.15, -0.1) is 0 Å². The van der Waals surface area contributed by atoms with Crippen molar-refractivity contribution in [2.45, 2.75) is 57.8 Å². The van der Waals surface area contributed by atoms with E-state index in [0.717, 1.165) is 30.8 Å². The monoisotopic (exact) mass is 394 g/mol. The number of aliphatic hydroxyl groups excluding tert-OH is 1. The highest BCUT2D eigenvalue weighted by atomic mass is 16.5. The second kappa shape index (κ2) is 8.57. The summed E-state index contributed by atoms with van der Waals surface area (Å²) in [6.07, 6.45) is 3.73. The first-order valence-electron chi connectivity index (χ1n) is 10.1. The summed E-state index contributed by atoms with van der Waals surface area (Å²) in [6, 6.07) is -1.08. The Morgan fingerprint density at radius 2 is 1.79 bits per heavy atom. The van der Waals surface area contributed by atoms with E-state index < -0.39 is 12.1 Å². The van der Waals surface area contributed by atoms with Gasteiger partial charge in [0.2, 0.25) is 11.9 Å². The van der Waals surface area contributed by atoms with Crippen molar-refractivity contribution in [3.63, 3.8) is 0 Å². The fraction of sp³-hybridized carbons (Fsp3) is 0.789. The molecule has 0 aromatic heterocycles. The van der Waals surface area contributed by atoms with E-state index >= 15 is 0 Å². The van der Waals surface area contributed by atoms with E-state index in [9.17, 15) is 14.7 Å². The van der Waals surface area contributed by atoms with Crippen LogP contribution in [0, 0.1) is 0 Å². The zero-order valence-corrected chi connectivity index (χ0v) is 17.3. The fourth-order valence-electron chi connectivity index (χ4n) is 3.88. The van der Waals surface area contributed by atoms with Crippen molar-refractivity contribution in [1.29, 1.82) is 0 Å². The molecule has 1 N–H and O–H groups in total. The molecule has 0 aliphatic carbocycles. The molecule has 28 heavy (non-hydrogen) atoms. The number of aliphatic hydroxyl groups is 1. The molecule has 0 bridgehead atoms. The lowest BCUT2D eigenvalue weighted by Gasteiger charge is -2.33. The van der Waals surface area contributed by atoms with Crippen LogP contribution in [0.5, 0.6) is 0 Å². The number of ether oxygens (including phenoxy) is 1. The molecule has 9 nitrogen and oxygen atoms in total. The standard InChI is InChI=1S/C19H32N5O4/c1-13(2)28-12-14(25)11-24-15-16(21(3)19(27)22(4)17(15)26)20-18(24)23-9-7-5-6-8-10-23/h13-15,25H,5-12H2,1-4H3/q+1. The molecule has 0 spiro atoms. The van der Waals surface area contributed by atoms with Crippen molar-refractivity contribution in [3.05, 3.63) is 0 Å². The van der Waals surface area contributed by atoms with Crippen LogP contribution in [0.1, 0.15) is 39.5 Å². The molecule has 2 atom stereocenters. The number of guanidine groups is 1. The molecule has 0 saturated carbocycles. The minimum absolute atomic E-state index is 0.0142. The zero-order chi connectivity index (χ0) is 20.4. The van der Waals surface area contributed by atoms with Crippen LogP contribution >= 0.6 is 0 Å². The van der Waals surface area contributed by atoms with Crippen molar-refractivity contribution in [2.75, 3.05) is 40.3 Å². The highest BCUT2D eigenvalue weighted by Crippen LogP contribution is 2.24. The van der Waals surface area contributed by atoms with Gasteiger partial charge < -0.3 is 9.84 Å². The molecule has 0 aromatic rings. The Morgan fingerprint density at radius 3 is 2.39 bits per heavy atom. The van der Waals surface area contributed by atoms with Gasteiger partial charge >= 0.3 is 12.0 Å². The Kier molecular flexibility index (Phi) is 6.34. The summed E-state index contributed by atoms with van der Waals surface area (Å²) in [5.74, 6) is 0.793. The van der Waals surface area contributed by atoms with Gasteiger partial charge in [0.1, 0.15) is 6.10 Å². The maximum Gasteiger partial charge on any atom is 0.392 e. The number of likely N-dealkylation sites (N-methyl/N-ethyl adjacent to an activating group) is 2. The molecule has 156 valence electrons. The van der Waals surface area contributed by atoms with Gasteiger partial charge in [-0.2, -0.15) is 0 Å². The van der Waals surface area contributed by atoms with Crippen molar-refractivity contribution in [1.82, 2.24) is 14.7 Å². The summed E-state index contributed by atoms with van der Waals surface area (Å²) in [6.45, 7) is 5.95. The number of hydrogen-bond donors (Lipinski definition) is 1.